The van der Waals surface area contributed by atoms with Crippen LogP contribution in [-0.4, -0.2) is 31.1 Å². The van der Waals surface area contributed by atoms with E-state index in [2.05, 4.69) is 15.2 Å². The molecule has 4 rings (SSSR count). The minimum Gasteiger partial charge on any atom is -0.497 e. The number of benzene rings is 2. The van der Waals surface area contributed by atoms with E-state index in [0.717, 1.165) is 26.8 Å². The minimum atomic E-state index is -0.0303. The lowest BCUT2D eigenvalue weighted by Gasteiger charge is -2.37. The zero-order chi connectivity index (χ0) is 17.4. The van der Waals surface area contributed by atoms with Crippen molar-refractivity contribution in [1.82, 2.24) is 4.98 Å². The van der Waals surface area contributed by atoms with Crippen LogP contribution < -0.4 is 15.0 Å². The maximum Gasteiger partial charge on any atom is 0.231 e. The molecule has 1 amide bonds. The third-order valence-electron chi connectivity index (χ3n) is 4.22. The van der Waals surface area contributed by atoms with Crippen molar-refractivity contribution in [2.45, 2.75) is 0 Å². The maximum absolute atomic E-state index is 12.3. The van der Waals surface area contributed by atoms with Gasteiger partial charge in [0.05, 0.1) is 23.2 Å². The average molecular weight is 374 g/mol. The van der Waals surface area contributed by atoms with E-state index in [1.807, 2.05) is 18.2 Å². The van der Waals surface area contributed by atoms with E-state index in [9.17, 15) is 4.79 Å². The van der Waals surface area contributed by atoms with Gasteiger partial charge in [-0.25, -0.2) is 4.98 Å². The molecular formula is C18H16ClN3O2S. The molecule has 1 aromatic heterocycles. The van der Waals surface area contributed by atoms with Gasteiger partial charge in [-0.15, -0.1) is 0 Å². The highest BCUT2D eigenvalue weighted by atomic mass is 35.5. The fraction of sp³-hybridized carbons (Fsp3) is 0.222. The van der Waals surface area contributed by atoms with Crippen LogP contribution in [0.15, 0.2) is 42.5 Å². The first-order valence-electron chi connectivity index (χ1n) is 7.88. The summed E-state index contributed by atoms with van der Waals surface area (Å²) in [5.74, 6) is 0.798. The van der Waals surface area contributed by atoms with Crippen LogP contribution >= 0.6 is 22.9 Å². The quantitative estimate of drug-likeness (QED) is 0.750. The number of hydrogen-bond donors (Lipinski definition) is 1. The second kappa shape index (κ2) is 6.54. The Morgan fingerprint density at radius 1 is 1.28 bits per heavy atom. The van der Waals surface area contributed by atoms with Gasteiger partial charge in [0.15, 0.2) is 5.13 Å². The van der Waals surface area contributed by atoms with Gasteiger partial charge in [0.25, 0.3) is 0 Å². The zero-order valence-electron chi connectivity index (χ0n) is 13.5. The molecule has 1 aliphatic rings. The molecule has 0 radical (unpaired) electrons. The molecule has 1 aliphatic heterocycles. The number of fused-ring (bicyclic) bond motifs is 1. The van der Waals surface area contributed by atoms with Crippen LogP contribution in [0.4, 0.5) is 10.8 Å². The molecule has 0 saturated carbocycles. The van der Waals surface area contributed by atoms with E-state index >= 15 is 0 Å². The Bertz CT molecular complexity index is 920. The largest absolute Gasteiger partial charge is 0.497 e. The number of carbonyl (C=O) groups excluding carboxylic acids is 1. The topological polar surface area (TPSA) is 54.5 Å². The van der Waals surface area contributed by atoms with Gasteiger partial charge < -0.3 is 15.0 Å². The second-order valence-corrected chi connectivity index (χ2v) is 7.37. The first-order chi connectivity index (χ1) is 12.1. The van der Waals surface area contributed by atoms with Crippen molar-refractivity contribution >= 4 is 49.9 Å². The number of nitrogens with zero attached hydrogens (tertiary/aromatic N) is 2. The first kappa shape index (κ1) is 16.2. The molecule has 0 bridgehead atoms. The molecule has 3 aromatic rings. The summed E-state index contributed by atoms with van der Waals surface area (Å²) in [4.78, 5) is 19.1. The zero-order valence-corrected chi connectivity index (χ0v) is 15.1. The van der Waals surface area contributed by atoms with E-state index < -0.39 is 0 Å². The molecule has 128 valence electrons. The van der Waals surface area contributed by atoms with E-state index in [1.54, 1.807) is 42.7 Å². The molecule has 2 heterocycles. The molecule has 0 aliphatic carbocycles. The normalized spacial score (nSPS) is 14.4. The average Bonchev–Trinajstić information content (AvgIpc) is 2.98. The fourth-order valence-electron chi connectivity index (χ4n) is 2.74. The predicted octanol–water partition coefficient (Wildman–Crippen LogP) is 4.03. The standard InChI is InChI=1S/C18H16ClN3O2S/c1-24-14-6-7-16-15(8-14)21-18(25-16)22-9-11(10-22)17(23)20-13-4-2-12(19)3-5-13/h2-8,11H,9-10H2,1H3,(H,20,23). The van der Waals surface area contributed by atoms with Gasteiger partial charge in [0, 0.05) is 29.9 Å². The fourth-order valence-corrected chi connectivity index (χ4v) is 3.83. The third kappa shape index (κ3) is 3.27. The number of halogens is 1. The van der Waals surface area contributed by atoms with E-state index in [-0.39, 0.29) is 11.8 Å². The van der Waals surface area contributed by atoms with Crippen molar-refractivity contribution in [3.8, 4) is 5.75 Å². The summed E-state index contributed by atoms with van der Waals surface area (Å²) in [5.41, 5.74) is 1.69. The van der Waals surface area contributed by atoms with Crippen molar-refractivity contribution in [3.63, 3.8) is 0 Å². The number of thiazole rings is 1. The van der Waals surface area contributed by atoms with Crippen LogP contribution in [-0.2, 0) is 4.79 Å². The summed E-state index contributed by atoms with van der Waals surface area (Å²) >= 11 is 7.49. The van der Waals surface area contributed by atoms with Gasteiger partial charge in [0.2, 0.25) is 5.91 Å². The number of carbonyl (C=O) groups is 1. The lowest BCUT2D eigenvalue weighted by Crippen LogP contribution is -2.52. The molecular weight excluding hydrogens is 358 g/mol. The summed E-state index contributed by atoms with van der Waals surface area (Å²) < 4.78 is 6.35. The highest BCUT2D eigenvalue weighted by molar-refractivity contribution is 7.22. The van der Waals surface area contributed by atoms with Crippen LogP contribution in [0.2, 0.25) is 5.02 Å². The summed E-state index contributed by atoms with van der Waals surface area (Å²) in [6.45, 7) is 1.35. The smallest absolute Gasteiger partial charge is 0.231 e. The number of anilines is 2. The van der Waals surface area contributed by atoms with Gasteiger partial charge in [-0.1, -0.05) is 22.9 Å². The SMILES string of the molecule is COc1ccc2sc(N3CC(C(=O)Nc4ccc(Cl)cc4)C3)nc2c1. The molecule has 0 unspecified atom stereocenters. The highest BCUT2D eigenvalue weighted by Gasteiger charge is 2.34. The van der Waals surface area contributed by atoms with Crippen LogP contribution in [0.3, 0.4) is 0 Å². The number of methoxy groups -OCH3 is 1. The number of hydrogen-bond acceptors (Lipinski definition) is 5. The number of amides is 1. The minimum absolute atomic E-state index is 0.0290. The van der Waals surface area contributed by atoms with E-state index in [4.69, 9.17) is 16.3 Å². The van der Waals surface area contributed by atoms with Crippen molar-refractivity contribution < 1.29 is 9.53 Å². The van der Waals surface area contributed by atoms with Crippen molar-refractivity contribution in [2.75, 3.05) is 30.4 Å². The first-order valence-corrected chi connectivity index (χ1v) is 9.08. The van der Waals surface area contributed by atoms with Crippen molar-refractivity contribution in [1.29, 1.82) is 0 Å². The van der Waals surface area contributed by atoms with Crippen LogP contribution in [0.25, 0.3) is 10.2 Å². The maximum atomic E-state index is 12.3. The summed E-state index contributed by atoms with van der Waals surface area (Å²) in [6.07, 6.45) is 0. The monoisotopic (exact) mass is 373 g/mol. The Morgan fingerprint density at radius 3 is 2.76 bits per heavy atom. The van der Waals surface area contributed by atoms with E-state index in [0.29, 0.717) is 18.1 Å². The lowest BCUT2D eigenvalue weighted by atomic mass is 10.00. The third-order valence-corrected chi connectivity index (χ3v) is 5.57. The molecule has 7 heteroatoms. The van der Waals surface area contributed by atoms with Gasteiger partial charge in [-0.2, -0.15) is 0 Å². The number of ether oxygens (including phenoxy) is 1. The predicted molar refractivity (Wildman–Crippen MR) is 102 cm³/mol. The van der Waals surface area contributed by atoms with Gasteiger partial charge in [-0.3, -0.25) is 4.79 Å². The van der Waals surface area contributed by atoms with Crippen molar-refractivity contribution in [3.05, 3.63) is 47.5 Å². The highest BCUT2D eigenvalue weighted by Crippen LogP contribution is 2.34. The Hall–Kier alpha value is -2.31. The number of aromatic nitrogens is 1. The lowest BCUT2D eigenvalue weighted by molar-refractivity contribution is -0.120. The Kier molecular flexibility index (Phi) is 4.23. The molecule has 25 heavy (non-hydrogen) atoms. The molecule has 1 N–H and O–H groups in total. The second-order valence-electron chi connectivity index (χ2n) is 5.93. The summed E-state index contributed by atoms with van der Waals surface area (Å²) in [7, 11) is 1.65. The van der Waals surface area contributed by atoms with Gasteiger partial charge >= 0.3 is 0 Å². The van der Waals surface area contributed by atoms with Crippen LogP contribution in [0.5, 0.6) is 5.75 Å². The van der Waals surface area contributed by atoms with Crippen LogP contribution in [0.1, 0.15) is 0 Å². The van der Waals surface area contributed by atoms with Gasteiger partial charge in [-0.05, 0) is 36.4 Å². The van der Waals surface area contributed by atoms with E-state index in [1.165, 1.54) is 0 Å². The Balaban J connectivity index is 1.39. The number of rotatable bonds is 4. The van der Waals surface area contributed by atoms with Crippen LogP contribution in [0, 0.1) is 5.92 Å². The van der Waals surface area contributed by atoms with Gasteiger partial charge in [0.1, 0.15) is 5.75 Å². The molecule has 2 aromatic carbocycles. The molecule has 0 spiro atoms. The Labute approximate surface area is 154 Å². The molecule has 0 atom stereocenters. The summed E-state index contributed by atoms with van der Waals surface area (Å²) in [5, 5.41) is 4.52. The molecule has 1 fully saturated rings. The number of nitrogens with one attached hydrogen (secondary N) is 1. The molecule has 1 saturated heterocycles. The Morgan fingerprint density at radius 2 is 2.04 bits per heavy atom. The summed E-state index contributed by atoms with van der Waals surface area (Å²) in [6, 6.07) is 13.0. The molecule has 5 nitrogen and oxygen atoms in total. The van der Waals surface area contributed by atoms with Crippen molar-refractivity contribution in [2.24, 2.45) is 5.92 Å².